The number of nitro benzene ring substituents is 1. The van der Waals surface area contributed by atoms with Gasteiger partial charge < -0.3 is 9.64 Å². The maximum absolute atomic E-state index is 11.7. The first-order valence-electron chi connectivity index (χ1n) is 5.56. The molecule has 0 saturated carbocycles. The fourth-order valence-electron chi connectivity index (χ4n) is 1.30. The molecular formula is C12H14N2O5S. The van der Waals surface area contributed by atoms with E-state index in [0.29, 0.717) is 4.90 Å². The summed E-state index contributed by atoms with van der Waals surface area (Å²) >= 11 is 1.21. The molecule has 8 heteroatoms. The second-order valence-corrected chi connectivity index (χ2v) is 4.86. The Morgan fingerprint density at radius 3 is 2.55 bits per heavy atom. The third-order valence-electron chi connectivity index (χ3n) is 2.44. The molecule has 20 heavy (non-hydrogen) atoms. The summed E-state index contributed by atoms with van der Waals surface area (Å²) in [6.07, 6.45) is 1.70. The van der Waals surface area contributed by atoms with Crippen LogP contribution in [0.3, 0.4) is 0 Å². The van der Waals surface area contributed by atoms with Gasteiger partial charge in [0.05, 0.1) is 15.4 Å². The summed E-state index contributed by atoms with van der Waals surface area (Å²) in [6.45, 7) is -0.399. The summed E-state index contributed by atoms with van der Waals surface area (Å²) in [5, 5.41) is 10.9. The van der Waals surface area contributed by atoms with Crippen LogP contribution in [0.1, 0.15) is 10.4 Å². The van der Waals surface area contributed by atoms with Gasteiger partial charge in [-0.2, -0.15) is 0 Å². The number of likely N-dealkylation sites (N-methyl/N-ethyl adjacent to an activating group) is 1. The molecule has 0 atom stereocenters. The van der Waals surface area contributed by atoms with Crippen LogP contribution >= 0.6 is 11.8 Å². The van der Waals surface area contributed by atoms with Crippen LogP contribution < -0.4 is 0 Å². The number of nitro groups is 1. The van der Waals surface area contributed by atoms with Crippen molar-refractivity contribution in [1.82, 2.24) is 4.90 Å². The number of thioether (sulfide) groups is 1. The monoisotopic (exact) mass is 298 g/mol. The predicted octanol–water partition coefficient (Wildman–Crippen LogP) is 1.56. The van der Waals surface area contributed by atoms with E-state index in [4.69, 9.17) is 4.74 Å². The molecule has 108 valence electrons. The zero-order chi connectivity index (χ0) is 15.3. The summed E-state index contributed by atoms with van der Waals surface area (Å²) in [6, 6.07) is 4.06. The van der Waals surface area contributed by atoms with Gasteiger partial charge in [0.15, 0.2) is 6.61 Å². The summed E-state index contributed by atoms with van der Waals surface area (Å²) in [5.41, 5.74) is -0.119. The Morgan fingerprint density at radius 2 is 2.05 bits per heavy atom. The van der Waals surface area contributed by atoms with Gasteiger partial charge in [0.25, 0.3) is 11.6 Å². The largest absolute Gasteiger partial charge is 0.452 e. The smallest absolute Gasteiger partial charge is 0.338 e. The maximum atomic E-state index is 11.7. The molecule has 0 aliphatic carbocycles. The highest BCUT2D eigenvalue weighted by molar-refractivity contribution is 7.98. The highest BCUT2D eigenvalue weighted by Crippen LogP contribution is 2.28. The van der Waals surface area contributed by atoms with Crippen LogP contribution in [-0.2, 0) is 9.53 Å². The zero-order valence-electron chi connectivity index (χ0n) is 11.3. The number of carbonyl (C=O) groups is 2. The van der Waals surface area contributed by atoms with Crippen LogP contribution in [0.15, 0.2) is 23.1 Å². The molecule has 0 saturated heterocycles. The Kier molecular flexibility index (Phi) is 5.51. The third-order valence-corrected chi connectivity index (χ3v) is 3.22. The number of ether oxygens (including phenoxy) is 1. The SMILES string of the molecule is CSc1ccc(C(=O)OCC(=O)N(C)C)cc1[N+](=O)[O-]. The Bertz CT molecular complexity index is 545. The Balaban J connectivity index is 2.86. The van der Waals surface area contributed by atoms with E-state index in [1.165, 1.54) is 42.9 Å². The van der Waals surface area contributed by atoms with E-state index in [2.05, 4.69) is 0 Å². The van der Waals surface area contributed by atoms with E-state index in [0.717, 1.165) is 6.07 Å². The van der Waals surface area contributed by atoms with Crippen molar-refractivity contribution < 1.29 is 19.2 Å². The van der Waals surface area contributed by atoms with Gasteiger partial charge >= 0.3 is 5.97 Å². The number of rotatable bonds is 5. The highest BCUT2D eigenvalue weighted by atomic mass is 32.2. The van der Waals surface area contributed by atoms with Crippen LogP contribution in [0.25, 0.3) is 0 Å². The lowest BCUT2D eigenvalue weighted by Gasteiger charge is -2.10. The molecule has 0 N–H and O–H groups in total. The fourth-order valence-corrected chi connectivity index (χ4v) is 1.85. The molecule has 1 aromatic carbocycles. The van der Waals surface area contributed by atoms with Crippen molar-refractivity contribution in [3.8, 4) is 0 Å². The minimum atomic E-state index is -0.768. The topological polar surface area (TPSA) is 89.8 Å². The Morgan fingerprint density at radius 1 is 1.40 bits per heavy atom. The quantitative estimate of drug-likeness (QED) is 0.355. The number of hydrogen-bond donors (Lipinski definition) is 0. The predicted molar refractivity (Wildman–Crippen MR) is 73.9 cm³/mol. The van der Waals surface area contributed by atoms with Gasteiger partial charge in [0, 0.05) is 20.2 Å². The maximum Gasteiger partial charge on any atom is 0.338 e. The van der Waals surface area contributed by atoms with Crippen LogP contribution in [0.2, 0.25) is 0 Å². The number of esters is 1. The van der Waals surface area contributed by atoms with Gasteiger partial charge in [-0.15, -0.1) is 11.8 Å². The number of amides is 1. The van der Waals surface area contributed by atoms with Crippen molar-refractivity contribution in [2.24, 2.45) is 0 Å². The van der Waals surface area contributed by atoms with E-state index in [1.54, 1.807) is 6.26 Å². The van der Waals surface area contributed by atoms with E-state index >= 15 is 0 Å². The van der Waals surface area contributed by atoms with E-state index in [-0.39, 0.29) is 17.2 Å². The van der Waals surface area contributed by atoms with Gasteiger partial charge in [-0.25, -0.2) is 4.79 Å². The lowest BCUT2D eigenvalue weighted by molar-refractivity contribution is -0.387. The van der Waals surface area contributed by atoms with Crippen LogP contribution in [0.4, 0.5) is 5.69 Å². The average Bonchev–Trinajstić information content (AvgIpc) is 2.43. The molecule has 7 nitrogen and oxygen atoms in total. The minimum absolute atomic E-state index is 0.0426. The summed E-state index contributed by atoms with van der Waals surface area (Å²) in [4.78, 5) is 35.1. The number of carbonyl (C=O) groups excluding carboxylic acids is 2. The van der Waals surface area contributed by atoms with Gasteiger partial charge in [0.2, 0.25) is 0 Å². The van der Waals surface area contributed by atoms with Crippen molar-refractivity contribution >= 4 is 29.3 Å². The molecular weight excluding hydrogens is 284 g/mol. The van der Waals surface area contributed by atoms with Crippen molar-refractivity contribution in [3.05, 3.63) is 33.9 Å². The molecule has 0 spiro atoms. The average molecular weight is 298 g/mol. The molecule has 0 bridgehead atoms. The number of nitrogens with zero attached hydrogens (tertiary/aromatic N) is 2. The molecule has 0 aliphatic heterocycles. The second kappa shape index (κ2) is 6.90. The summed E-state index contributed by atoms with van der Waals surface area (Å²) < 4.78 is 4.80. The molecule has 0 fully saturated rings. The molecule has 1 amide bonds. The molecule has 0 unspecified atom stereocenters. The minimum Gasteiger partial charge on any atom is -0.452 e. The Labute approximate surface area is 120 Å². The van der Waals surface area contributed by atoms with Crippen LogP contribution in [0, 0.1) is 10.1 Å². The van der Waals surface area contributed by atoms with E-state index in [1.807, 2.05) is 0 Å². The Hall–Kier alpha value is -2.09. The lowest BCUT2D eigenvalue weighted by Crippen LogP contribution is -2.27. The standard InChI is InChI=1S/C12H14N2O5S/c1-13(2)11(15)7-19-12(16)8-4-5-10(20-3)9(6-8)14(17)18/h4-6H,7H2,1-3H3. The number of hydrogen-bond acceptors (Lipinski definition) is 6. The summed E-state index contributed by atoms with van der Waals surface area (Å²) in [7, 11) is 3.07. The van der Waals surface area contributed by atoms with E-state index < -0.39 is 17.5 Å². The van der Waals surface area contributed by atoms with Crippen molar-refractivity contribution in [1.29, 1.82) is 0 Å². The summed E-state index contributed by atoms with van der Waals surface area (Å²) in [5.74, 6) is -1.13. The first-order chi connectivity index (χ1) is 9.36. The van der Waals surface area contributed by atoms with Gasteiger partial charge in [-0.3, -0.25) is 14.9 Å². The molecule has 1 aromatic rings. The second-order valence-electron chi connectivity index (χ2n) is 4.01. The third kappa shape index (κ3) is 3.95. The zero-order valence-corrected chi connectivity index (χ0v) is 12.1. The van der Waals surface area contributed by atoms with Gasteiger partial charge in [-0.1, -0.05) is 0 Å². The molecule has 0 radical (unpaired) electrons. The molecule has 0 aromatic heterocycles. The fraction of sp³-hybridized carbons (Fsp3) is 0.333. The van der Waals surface area contributed by atoms with Crippen molar-refractivity contribution in [3.63, 3.8) is 0 Å². The normalized spacial score (nSPS) is 9.95. The first kappa shape index (κ1) is 16.0. The first-order valence-corrected chi connectivity index (χ1v) is 6.79. The van der Waals surface area contributed by atoms with Crippen LogP contribution in [-0.4, -0.2) is 48.7 Å². The van der Waals surface area contributed by atoms with Crippen LogP contribution in [0.5, 0.6) is 0 Å². The number of benzene rings is 1. The molecule has 0 heterocycles. The molecule has 1 rings (SSSR count). The van der Waals surface area contributed by atoms with Crippen molar-refractivity contribution in [2.45, 2.75) is 4.90 Å². The lowest BCUT2D eigenvalue weighted by atomic mass is 10.2. The highest BCUT2D eigenvalue weighted by Gasteiger charge is 2.18. The van der Waals surface area contributed by atoms with Gasteiger partial charge in [-0.05, 0) is 18.4 Å². The van der Waals surface area contributed by atoms with Crippen molar-refractivity contribution in [2.75, 3.05) is 27.0 Å². The van der Waals surface area contributed by atoms with E-state index in [9.17, 15) is 19.7 Å². The van der Waals surface area contributed by atoms with Gasteiger partial charge in [0.1, 0.15) is 0 Å². The molecule has 0 aliphatic rings.